The Labute approximate surface area is 107 Å². The van der Waals surface area contributed by atoms with E-state index in [1.165, 1.54) is 30.6 Å². The van der Waals surface area contributed by atoms with E-state index in [1.807, 2.05) is 0 Å². The smallest absolute Gasteiger partial charge is 0.292 e. The van der Waals surface area contributed by atoms with Crippen molar-refractivity contribution in [2.45, 2.75) is 0 Å². The molecule has 0 atom stereocenters. The van der Waals surface area contributed by atoms with E-state index in [2.05, 4.69) is 4.98 Å². The quantitative estimate of drug-likeness (QED) is 0.523. The number of anilines is 1. The third kappa shape index (κ3) is 2.67. The molecule has 0 spiro atoms. The standard InChI is InChI=1S/C11H8ClN3O3/c12-7-3-9(6-14-5-7)18-8-1-2-11(15(16)17)10(13)4-8/h1-6H,13H2. The summed E-state index contributed by atoms with van der Waals surface area (Å²) in [6.07, 6.45) is 2.95. The lowest BCUT2D eigenvalue weighted by Gasteiger charge is -2.06. The number of hydrogen-bond donors (Lipinski definition) is 1. The zero-order valence-corrected chi connectivity index (χ0v) is 9.79. The van der Waals surface area contributed by atoms with Gasteiger partial charge in [-0.15, -0.1) is 0 Å². The Hall–Kier alpha value is -2.34. The average Bonchev–Trinajstić information content (AvgIpc) is 2.28. The molecular formula is C11H8ClN3O3. The minimum Gasteiger partial charge on any atom is -0.456 e. The van der Waals surface area contributed by atoms with Gasteiger partial charge < -0.3 is 10.5 Å². The second-order valence-electron chi connectivity index (χ2n) is 3.42. The van der Waals surface area contributed by atoms with Crippen molar-refractivity contribution < 1.29 is 9.66 Å². The molecule has 0 unspecified atom stereocenters. The monoisotopic (exact) mass is 265 g/mol. The molecule has 0 saturated heterocycles. The summed E-state index contributed by atoms with van der Waals surface area (Å²) in [4.78, 5) is 13.9. The van der Waals surface area contributed by atoms with Crippen LogP contribution in [-0.2, 0) is 0 Å². The van der Waals surface area contributed by atoms with Crippen molar-refractivity contribution in [1.29, 1.82) is 0 Å². The first kappa shape index (κ1) is 12.1. The number of nitrogen functional groups attached to an aromatic ring is 1. The molecule has 18 heavy (non-hydrogen) atoms. The second kappa shape index (κ2) is 4.89. The maximum absolute atomic E-state index is 10.6. The highest BCUT2D eigenvalue weighted by atomic mass is 35.5. The summed E-state index contributed by atoms with van der Waals surface area (Å²) in [5, 5.41) is 11.0. The minimum atomic E-state index is -0.556. The number of nitrogens with two attached hydrogens (primary N) is 1. The van der Waals surface area contributed by atoms with E-state index in [-0.39, 0.29) is 11.4 Å². The summed E-state index contributed by atoms with van der Waals surface area (Å²) in [6, 6.07) is 5.68. The summed E-state index contributed by atoms with van der Waals surface area (Å²) >= 11 is 5.75. The number of rotatable bonds is 3. The van der Waals surface area contributed by atoms with Gasteiger partial charge in [-0.3, -0.25) is 15.1 Å². The van der Waals surface area contributed by atoms with Crippen molar-refractivity contribution >= 4 is 23.0 Å². The van der Waals surface area contributed by atoms with Gasteiger partial charge >= 0.3 is 0 Å². The molecule has 1 aromatic heterocycles. The van der Waals surface area contributed by atoms with Crippen LogP contribution >= 0.6 is 11.6 Å². The predicted octanol–water partition coefficient (Wildman–Crippen LogP) is 3.02. The highest BCUT2D eigenvalue weighted by Crippen LogP contribution is 2.29. The van der Waals surface area contributed by atoms with Crippen LogP contribution in [0.4, 0.5) is 11.4 Å². The van der Waals surface area contributed by atoms with E-state index in [4.69, 9.17) is 22.1 Å². The van der Waals surface area contributed by atoms with Crippen molar-refractivity contribution in [3.8, 4) is 11.5 Å². The molecule has 0 aliphatic carbocycles. The van der Waals surface area contributed by atoms with Crippen LogP contribution in [0.3, 0.4) is 0 Å². The SMILES string of the molecule is Nc1cc(Oc2cncc(Cl)c2)ccc1[N+](=O)[O-]. The van der Waals surface area contributed by atoms with E-state index in [1.54, 1.807) is 6.07 Å². The highest BCUT2D eigenvalue weighted by molar-refractivity contribution is 6.30. The Kier molecular flexibility index (Phi) is 3.29. The zero-order valence-electron chi connectivity index (χ0n) is 9.04. The molecule has 2 N–H and O–H groups in total. The van der Waals surface area contributed by atoms with Crippen LogP contribution < -0.4 is 10.5 Å². The van der Waals surface area contributed by atoms with Gasteiger partial charge in [0.2, 0.25) is 0 Å². The minimum absolute atomic E-state index is 0.0347. The molecular weight excluding hydrogens is 258 g/mol. The molecule has 0 fully saturated rings. The number of nitro groups is 1. The summed E-state index contributed by atoms with van der Waals surface area (Å²) in [7, 11) is 0. The fraction of sp³-hybridized carbons (Fsp3) is 0. The molecule has 0 aliphatic heterocycles. The first-order valence-corrected chi connectivity index (χ1v) is 5.26. The third-order valence-electron chi connectivity index (χ3n) is 2.11. The number of pyridine rings is 1. The van der Waals surface area contributed by atoms with E-state index in [9.17, 15) is 10.1 Å². The first-order valence-electron chi connectivity index (χ1n) is 4.88. The van der Waals surface area contributed by atoms with Crippen molar-refractivity contribution in [3.05, 3.63) is 51.8 Å². The Morgan fingerprint density at radius 1 is 1.28 bits per heavy atom. The van der Waals surface area contributed by atoms with Crippen LogP contribution in [0.1, 0.15) is 0 Å². The largest absolute Gasteiger partial charge is 0.456 e. The molecule has 0 amide bonds. The second-order valence-corrected chi connectivity index (χ2v) is 3.86. The van der Waals surface area contributed by atoms with Gasteiger partial charge in [-0.25, -0.2) is 0 Å². The fourth-order valence-electron chi connectivity index (χ4n) is 1.35. The van der Waals surface area contributed by atoms with Crippen molar-refractivity contribution in [3.63, 3.8) is 0 Å². The average molecular weight is 266 g/mol. The molecule has 1 heterocycles. The van der Waals surface area contributed by atoms with Gasteiger partial charge in [0.05, 0.1) is 16.1 Å². The number of aromatic nitrogens is 1. The number of nitro benzene ring substituents is 1. The summed E-state index contributed by atoms with van der Waals surface area (Å²) in [5.74, 6) is 0.804. The molecule has 1 aromatic carbocycles. The van der Waals surface area contributed by atoms with E-state index in [0.717, 1.165) is 0 Å². The maximum atomic E-state index is 10.6. The lowest BCUT2D eigenvalue weighted by molar-refractivity contribution is -0.383. The molecule has 0 aliphatic rings. The molecule has 92 valence electrons. The highest BCUT2D eigenvalue weighted by Gasteiger charge is 2.12. The maximum Gasteiger partial charge on any atom is 0.292 e. The van der Waals surface area contributed by atoms with Crippen LogP contribution in [0.5, 0.6) is 11.5 Å². The lowest BCUT2D eigenvalue weighted by Crippen LogP contribution is -1.96. The summed E-state index contributed by atoms with van der Waals surface area (Å²) in [6.45, 7) is 0. The Bertz CT molecular complexity index is 604. The molecule has 2 aromatic rings. The lowest BCUT2D eigenvalue weighted by atomic mass is 10.2. The number of ether oxygens (including phenoxy) is 1. The van der Waals surface area contributed by atoms with Crippen LogP contribution in [0.25, 0.3) is 0 Å². The van der Waals surface area contributed by atoms with Gasteiger partial charge in [-0.05, 0) is 6.07 Å². The molecule has 0 bridgehead atoms. The van der Waals surface area contributed by atoms with Gasteiger partial charge in [0, 0.05) is 24.4 Å². The van der Waals surface area contributed by atoms with Gasteiger partial charge in [0.25, 0.3) is 5.69 Å². The number of benzene rings is 1. The zero-order chi connectivity index (χ0) is 13.1. The predicted molar refractivity (Wildman–Crippen MR) is 66.8 cm³/mol. The molecule has 2 rings (SSSR count). The summed E-state index contributed by atoms with van der Waals surface area (Å²) in [5.41, 5.74) is 5.42. The van der Waals surface area contributed by atoms with Crippen molar-refractivity contribution in [2.75, 3.05) is 5.73 Å². The topological polar surface area (TPSA) is 91.3 Å². The number of halogens is 1. The Balaban J connectivity index is 2.25. The normalized spacial score (nSPS) is 10.1. The van der Waals surface area contributed by atoms with Gasteiger partial charge in [0.15, 0.2) is 0 Å². The summed E-state index contributed by atoms with van der Waals surface area (Å²) < 4.78 is 5.43. The number of nitrogens with zero attached hydrogens (tertiary/aromatic N) is 2. The van der Waals surface area contributed by atoms with E-state index >= 15 is 0 Å². The van der Waals surface area contributed by atoms with E-state index < -0.39 is 4.92 Å². The Morgan fingerprint density at radius 3 is 2.67 bits per heavy atom. The van der Waals surface area contributed by atoms with Crippen LogP contribution in [0, 0.1) is 10.1 Å². The van der Waals surface area contributed by atoms with E-state index in [0.29, 0.717) is 16.5 Å². The van der Waals surface area contributed by atoms with Crippen molar-refractivity contribution in [1.82, 2.24) is 4.98 Å². The van der Waals surface area contributed by atoms with Crippen LogP contribution in [0.15, 0.2) is 36.7 Å². The first-order chi connectivity index (χ1) is 8.56. The van der Waals surface area contributed by atoms with Gasteiger partial charge in [-0.2, -0.15) is 0 Å². The fourth-order valence-corrected chi connectivity index (χ4v) is 1.51. The molecule has 7 heteroatoms. The van der Waals surface area contributed by atoms with Gasteiger partial charge in [-0.1, -0.05) is 11.6 Å². The third-order valence-corrected chi connectivity index (χ3v) is 2.32. The van der Waals surface area contributed by atoms with Crippen LogP contribution in [0.2, 0.25) is 5.02 Å². The molecule has 0 radical (unpaired) electrons. The molecule has 0 saturated carbocycles. The van der Waals surface area contributed by atoms with Crippen LogP contribution in [-0.4, -0.2) is 9.91 Å². The van der Waals surface area contributed by atoms with Gasteiger partial charge in [0.1, 0.15) is 17.2 Å². The molecule has 6 nitrogen and oxygen atoms in total. The number of hydrogen-bond acceptors (Lipinski definition) is 5. The van der Waals surface area contributed by atoms with Crippen molar-refractivity contribution in [2.24, 2.45) is 0 Å². The Morgan fingerprint density at radius 2 is 2.06 bits per heavy atom.